The van der Waals surface area contributed by atoms with Crippen LogP contribution >= 0.6 is 36.2 Å². The smallest absolute Gasteiger partial charge is 0.224 e. The number of ether oxygens (including phenoxy) is 1. The second kappa shape index (κ2) is 9.50. The molecule has 1 amide bonds. The molecule has 1 aromatic heterocycles. The van der Waals surface area contributed by atoms with Crippen molar-refractivity contribution in [1.82, 2.24) is 15.2 Å². The highest BCUT2D eigenvalue weighted by Gasteiger charge is 2.19. The molecule has 0 spiro atoms. The molecule has 110 valence electrons. The molecule has 0 saturated carbocycles. The SMILES string of the molecule is CN(Cc1cscn1)C(=O)CC1COCCN1.Cl.Cl. The van der Waals surface area contributed by atoms with Crippen molar-refractivity contribution >= 4 is 42.1 Å². The van der Waals surface area contributed by atoms with Crippen molar-refractivity contribution in [2.45, 2.75) is 19.0 Å². The molecule has 19 heavy (non-hydrogen) atoms. The summed E-state index contributed by atoms with van der Waals surface area (Å²) in [4.78, 5) is 17.8. The number of carbonyl (C=O) groups is 1. The molecule has 1 saturated heterocycles. The summed E-state index contributed by atoms with van der Waals surface area (Å²) < 4.78 is 5.32. The molecule has 0 aliphatic carbocycles. The molecule has 0 radical (unpaired) electrons. The summed E-state index contributed by atoms with van der Waals surface area (Å²) in [7, 11) is 1.81. The molecular formula is C11H19Cl2N3O2S. The van der Waals surface area contributed by atoms with E-state index in [1.165, 1.54) is 0 Å². The first-order chi connectivity index (χ1) is 8.25. The Morgan fingerprint density at radius 1 is 1.63 bits per heavy atom. The molecule has 5 nitrogen and oxygen atoms in total. The lowest BCUT2D eigenvalue weighted by Gasteiger charge is -2.25. The van der Waals surface area contributed by atoms with Crippen molar-refractivity contribution in [3.63, 3.8) is 0 Å². The van der Waals surface area contributed by atoms with E-state index in [-0.39, 0.29) is 36.8 Å². The van der Waals surface area contributed by atoms with Crippen molar-refractivity contribution < 1.29 is 9.53 Å². The van der Waals surface area contributed by atoms with Crippen LogP contribution in [0.15, 0.2) is 10.9 Å². The number of rotatable bonds is 4. The van der Waals surface area contributed by atoms with Crippen LogP contribution in [-0.4, -0.2) is 48.6 Å². The van der Waals surface area contributed by atoms with Crippen LogP contribution in [0.4, 0.5) is 0 Å². The lowest BCUT2D eigenvalue weighted by atomic mass is 10.2. The molecule has 1 unspecified atom stereocenters. The third-order valence-corrected chi connectivity index (χ3v) is 3.36. The number of carbonyl (C=O) groups excluding carboxylic acids is 1. The fraction of sp³-hybridized carbons (Fsp3) is 0.636. The van der Waals surface area contributed by atoms with Gasteiger partial charge in [-0.25, -0.2) is 4.98 Å². The minimum Gasteiger partial charge on any atom is -0.378 e. The maximum Gasteiger partial charge on any atom is 0.224 e. The molecule has 1 atom stereocenters. The Morgan fingerprint density at radius 3 is 3.00 bits per heavy atom. The predicted molar refractivity (Wildman–Crippen MR) is 80.3 cm³/mol. The molecule has 1 aromatic rings. The van der Waals surface area contributed by atoms with Crippen molar-refractivity contribution in [2.24, 2.45) is 0 Å². The Labute approximate surface area is 129 Å². The topological polar surface area (TPSA) is 54.5 Å². The van der Waals surface area contributed by atoms with E-state index in [0.717, 1.165) is 18.8 Å². The second-order valence-corrected chi connectivity index (χ2v) is 4.88. The highest BCUT2D eigenvalue weighted by molar-refractivity contribution is 7.07. The number of amides is 1. The highest BCUT2D eigenvalue weighted by Crippen LogP contribution is 2.07. The third-order valence-electron chi connectivity index (χ3n) is 2.73. The van der Waals surface area contributed by atoms with Gasteiger partial charge in [-0.3, -0.25) is 4.79 Å². The van der Waals surface area contributed by atoms with Crippen molar-refractivity contribution in [2.75, 3.05) is 26.8 Å². The zero-order chi connectivity index (χ0) is 12.1. The van der Waals surface area contributed by atoms with E-state index >= 15 is 0 Å². The van der Waals surface area contributed by atoms with Gasteiger partial charge in [-0.2, -0.15) is 0 Å². The van der Waals surface area contributed by atoms with Crippen molar-refractivity contribution in [1.29, 1.82) is 0 Å². The molecule has 1 aliphatic rings. The first-order valence-corrected chi connectivity index (χ1v) is 6.62. The molecule has 1 N–H and O–H groups in total. The minimum atomic E-state index is 0. The Hall–Kier alpha value is -0.400. The Kier molecular flexibility index (Phi) is 9.30. The molecule has 2 heterocycles. The van der Waals surface area contributed by atoms with Gasteiger partial charge in [0, 0.05) is 31.4 Å². The monoisotopic (exact) mass is 327 g/mol. The number of hydrogen-bond acceptors (Lipinski definition) is 5. The standard InChI is InChI=1S/C11H17N3O2S.2ClH/c1-14(5-10-7-17-8-13-10)11(15)4-9-6-16-3-2-12-9;;/h7-9,12H,2-6H2,1H3;2*1H. The summed E-state index contributed by atoms with van der Waals surface area (Å²) in [5, 5.41) is 5.24. The van der Waals surface area contributed by atoms with E-state index < -0.39 is 0 Å². The maximum absolute atomic E-state index is 11.9. The quantitative estimate of drug-likeness (QED) is 0.906. The summed E-state index contributed by atoms with van der Waals surface area (Å²) in [5.41, 5.74) is 2.73. The van der Waals surface area contributed by atoms with E-state index in [0.29, 0.717) is 19.6 Å². The second-order valence-electron chi connectivity index (χ2n) is 4.16. The van der Waals surface area contributed by atoms with Gasteiger partial charge in [-0.05, 0) is 0 Å². The maximum atomic E-state index is 11.9. The number of hydrogen-bond donors (Lipinski definition) is 1. The van der Waals surface area contributed by atoms with Gasteiger partial charge in [-0.1, -0.05) is 0 Å². The lowest BCUT2D eigenvalue weighted by Crippen LogP contribution is -2.44. The molecule has 0 aromatic carbocycles. The normalized spacial score (nSPS) is 18.1. The van der Waals surface area contributed by atoms with E-state index in [1.54, 1.807) is 21.7 Å². The number of nitrogens with one attached hydrogen (secondary N) is 1. The van der Waals surface area contributed by atoms with E-state index in [9.17, 15) is 4.79 Å². The van der Waals surface area contributed by atoms with Gasteiger partial charge in [0.2, 0.25) is 5.91 Å². The number of nitrogens with zero attached hydrogens (tertiary/aromatic N) is 2. The van der Waals surface area contributed by atoms with E-state index in [4.69, 9.17) is 4.74 Å². The number of thiazole rings is 1. The average molecular weight is 328 g/mol. The van der Waals surface area contributed by atoms with Gasteiger partial charge in [0.15, 0.2) is 0 Å². The number of aromatic nitrogens is 1. The minimum absolute atomic E-state index is 0. The zero-order valence-electron chi connectivity index (χ0n) is 10.7. The summed E-state index contributed by atoms with van der Waals surface area (Å²) in [6.45, 7) is 2.76. The molecule has 1 fully saturated rings. The molecule has 0 bridgehead atoms. The Bertz CT molecular complexity index is 359. The van der Waals surface area contributed by atoms with Gasteiger partial charge in [0.25, 0.3) is 0 Å². The average Bonchev–Trinajstić information content (AvgIpc) is 2.83. The van der Waals surface area contributed by atoms with Crippen LogP contribution in [0.5, 0.6) is 0 Å². The summed E-state index contributed by atoms with van der Waals surface area (Å²) in [6.07, 6.45) is 0.487. The van der Waals surface area contributed by atoms with Gasteiger partial charge >= 0.3 is 0 Å². The first kappa shape index (κ1) is 18.6. The predicted octanol–water partition coefficient (Wildman–Crippen LogP) is 1.32. The third kappa shape index (κ3) is 6.05. The molecule has 1 aliphatic heterocycles. The van der Waals surface area contributed by atoms with Crippen LogP contribution < -0.4 is 5.32 Å². The van der Waals surface area contributed by atoms with Crippen LogP contribution in [0.25, 0.3) is 0 Å². The van der Waals surface area contributed by atoms with Gasteiger partial charge in [0.05, 0.1) is 31.0 Å². The molecule has 2 rings (SSSR count). The summed E-state index contributed by atoms with van der Waals surface area (Å²) in [5.74, 6) is 0.126. The van der Waals surface area contributed by atoms with Crippen LogP contribution in [0, 0.1) is 0 Å². The van der Waals surface area contributed by atoms with Gasteiger partial charge in [0.1, 0.15) is 0 Å². The highest BCUT2D eigenvalue weighted by atomic mass is 35.5. The van der Waals surface area contributed by atoms with Crippen LogP contribution in [0.2, 0.25) is 0 Å². The van der Waals surface area contributed by atoms with Crippen LogP contribution in [0.3, 0.4) is 0 Å². The van der Waals surface area contributed by atoms with E-state index in [1.807, 2.05) is 12.4 Å². The lowest BCUT2D eigenvalue weighted by molar-refractivity contribution is -0.131. The fourth-order valence-corrected chi connectivity index (χ4v) is 2.31. The van der Waals surface area contributed by atoms with Gasteiger partial charge < -0.3 is 15.0 Å². The van der Waals surface area contributed by atoms with Crippen molar-refractivity contribution in [3.8, 4) is 0 Å². The Morgan fingerprint density at radius 2 is 2.42 bits per heavy atom. The van der Waals surface area contributed by atoms with Gasteiger partial charge in [-0.15, -0.1) is 36.2 Å². The first-order valence-electron chi connectivity index (χ1n) is 5.68. The molecular weight excluding hydrogens is 309 g/mol. The summed E-state index contributed by atoms with van der Waals surface area (Å²) in [6, 6.07) is 0.147. The number of morpholine rings is 1. The van der Waals surface area contributed by atoms with Crippen LogP contribution in [0.1, 0.15) is 12.1 Å². The fourth-order valence-electron chi connectivity index (χ4n) is 1.76. The van der Waals surface area contributed by atoms with Crippen LogP contribution in [-0.2, 0) is 16.1 Å². The Balaban J connectivity index is 0.00000162. The van der Waals surface area contributed by atoms with E-state index in [2.05, 4.69) is 10.3 Å². The van der Waals surface area contributed by atoms with Crippen molar-refractivity contribution in [3.05, 3.63) is 16.6 Å². The number of halogens is 2. The summed E-state index contributed by atoms with van der Waals surface area (Å²) >= 11 is 1.55. The zero-order valence-corrected chi connectivity index (χ0v) is 13.2. The largest absolute Gasteiger partial charge is 0.378 e. The molecule has 8 heteroatoms.